The van der Waals surface area contributed by atoms with Gasteiger partial charge in [-0.25, -0.2) is 4.98 Å². The Morgan fingerprint density at radius 2 is 2.00 bits per heavy atom. The molecule has 22 heavy (non-hydrogen) atoms. The summed E-state index contributed by atoms with van der Waals surface area (Å²) in [6.07, 6.45) is 5.73. The van der Waals surface area contributed by atoms with E-state index in [-0.39, 0.29) is 11.2 Å². The number of rotatable bonds is 1. The standard InChI is InChI=1S/C19H24N2O/c1-15-7-6-12-20-18(15)21-13-10-16(11-14-21)8-5-9-17(22)19(2,3)4/h6-8,12H,10-11,13-14H2,1-4H3. The molecule has 0 spiro atoms. The third kappa shape index (κ3) is 4.21. The molecule has 0 amide bonds. The molecular weight excluding hydrogens is 272 g/mol. The minimum Gasteiger partial charge on any atom is -0.356 e. The third-order valence-electron chi connectivity index (χ3n) is 3.83. The molecule has 2 heterocycles. The zero-order valence-corrected chi connectivity index (χ0v) is 13.9. The fourth-order valence-electron chi connectivity index (χ4n) is 2.35. The highest BCUT2D eigenvalue weighted by molar-refractivity contribution is 5.99. The average molecular weight is 296 g/mol. The van der Waals surface area contributed by atoms with E-state index < -0.39 is 0 Å². The van der Waals surface area contributed by atoms with Crippen molar-refractivity contribution < 1.29 is 4.79 Å². The van der Waals surface area contributed by atoms with Crippen LogP contribution in [0.4, 0.5) is 5.82 Å². The second-order valence-corrected chi connectivity index (χ2v) is 6.78. The van der Waals surface area contributed by atoms with Crippen LogP contribution < -0.4 is 4.90 Å². The predicted molar refractivity (Wildman–Crippen MR) is 90.7 cm³/mol. The first-order chi connectivity index (χ1) is 10.4. The quantitative estimate of drug-likeness (QED) is 0.587. The first-order valence-electron chi connectivity index (χ1n) is 7.78. The van der Waals surface area contributed by atoms with Crippen molar-refractivity contribution in [3.63, 3.8) is 0 Å². The number of aryl methyl sites for hydroxylation is 1. The molecule has 116 valence electrons. The maximum atomic E-state index is 11.8. The highest BCUT2D eigenvalue weighted by atomic mass is 16.1. The Hall–Kier alpha value is -2.08. The van der Waals surface area contributed by atoms with E-state index >= 15 is 0 Å². The lowest BCUT2D eigenvalue weighted by molar-refractivity contribution is -0.120. The summed E-state index contributed by atoms with van der Waals surface area (Å²) in [5.41, 5.74) is 2.15. The van der Waals surface area contributed by atoms with E-state index in [0.29, 0.717) is 0 Å². The summed E-state index contributed by atoms with van der Waals surface area (Å²) < 4.78 is 0. The Bertz CT molecular complexity index is 631. The number of allylic oxidation sites excluding steroid dienone is 1. The van der Waals surface area contributed by atoms with E-state index in [2.05, 4.69) is 34.7 Å². The molecule has 1 aliphatic rings. The van der Waals surface area contributed by atoms with Crippen molar-refractivity contribution in [1.29, 1.82) is 0 Å². The van der Waals surface area contributed by atoms with Crippen LogP contribution in [-0.4, -0.2) is 23.9 Å². The van der Waals surface area contributed by atoms with E-state index in [4.69, 9.17) is 0 Å². The van der Waals surface area contributed by atoms with Crippen molar-refractivity contribution in [2.45, 2.75) is 40.5 Å². The van der Waals surface area contributed by atoms with Crippen molar-refractivity contribution in [1.82, 2.24) is 4.98 Å². The number of Topliss-reactive ketones (excluding diaryl/α,β-unsaturated/α-hetero) is 1. The molecule has 1 saturated heterocycles. The largest absolute Gasteiger partial charge is 0.356 e. The van der Waals surface area contributed by atoms with E-state index in [1.807, 2.05) is 39.1 Å². The molecule has 1 fully saturated rings. The van der Waals surface area contributed by atoms with Gasteiger partial charge in [0, 0.05) is 24.7 Å². The van der Waals surface area contributed by atoms with Gasteiger partial charge in [-0.1, -0.05) is 38.3 Å². The number of carbonyl (C=O) groups is 1. The summed E-state index contributed by atoms with van der Waals surface area (Å²) in [6, 6.07) is 4.06. The predicted octanol–water partition coefficient (Wildman–Crippen LogP) is 3.54. The number of hydrogen-bond donors (Lipinski definition) is 0. The summed E-state index contributed by atoms with van der Waals surface area (Å²) in [5, 5.41) is 0. The van der Waals surface area contributed by atoms with Crippen LogP contribution in [0.5, 0.6) is 0 Å². The van der Waals surface area contributed by atoms with Crippen LogP contribution in [0.1, 0.15) is 39.2 Å². The fourth-order valence-corrected chi connectivity index (χ4v) is 2.35. The SMILES string of the molecule is Cc1cccnc1N1CCC(=CC#CC(=O)C(C)(C)C)CC1. The first-order valence-corrected chi connectivity index (χ1v) is 7.78. The van der Waals surface area contributed by atoms with Crippen LogP contribution in [0.25, 0.3) is 0 Å². The summed E-state index contributed by atoms with van der Waals surface area (Å²) >= 11 is 0. The molecule has 3 heteroatoms. The smallest absolute Gasteiger partial charge is 0.211 e. The Morgan fingerprint density at radius 1 is 1.32 bits per heavy atom. The van der Waals surface area contributed by atoms with Gasteiger partial charge in [0.05, 0.1) is 0 Å². The zero-order chi connectivity index (χ0) is 16.2. The molecule has 0 aliphatic carbocycles. The number of nitrogens with zero attached hydrogens (tertiary/aromatic N) is 2. The van der Waals surface area contributed by atoms with Gasteiger partial charge >= 0.3 is 0 Å². The van der Waals surface area contributed by atoms with Gasteiger partial charge < -0.3 is 4.90 Å². The Morgan fingerprint density at radius 3 is 2.59 bits per heavy atom. The highest BCUT2D eigenvalue weighted by Crippen LogP contribution is 2.23. The van der Waals surface area contributed by atoms with E-state index in [9.17, 15) is 4.79 Å². The zero-order valence-electron chi connectivity index (χ0n) is 13.9. The van der Waals surface area contributed by atoms with Crippen molar-refractivity contribution in [3.8, 4) is 11.8 Å². The number of anilines is 1. The third-order valence-corrected chi connectivity index (χ3v) is 3.83. The fraction of sp³-hybridized carbons (Fsp3) is 0.474. The highest BCUT2D eigenvalue weighted by Gasteiger charge is 2.19. The van der Waals surface area contributed by atoms with Gasteiger partial charge in [0.2, 0.25) is 5.78 Å². The molecular formula is C19H24N2O. The van der Waals surface area contributed by atoms with Gasteiger partial charge in [-0.05, 0) is 43.4 Å². The minimum atomic E-state index is -0.384. The van der Waals surface area contributed by atoms with E-state index in [1.165, 1.54) is 11.1 Å². The van der Waals surface area contributed by atoms with Crippen LogP contribution in [0.2, 0.25) is 0 Å². The van der Waals surface area contributed by atoms with Crippen LogP contribution in [0, 0.1) is 24.2 Å². The molecule has 0 saturated carbocycles. The van der Waals surface area contributed by atoms with Gasteiger partial charge in [-0.15, -0.1) is 0 Å². The number of hydrogen-bond acceptors (Lipinski definition) is 3. The Kier molecular flexibility index (Phi) is 5.03. The summed E-state index contributed by atoms with van der Waals surface area (Å²) in [5.74, 6) is 6.73. The molecule has 1 aromatic heterocycles. The molecule has 0 N–H and O–H groups in total. The molecule has 0 bridgehead atoms. The maximum absolute atomic E-state index is 11.8. The van der Waals surface area contributed by atoms with Gasteiger partial charge in [-0.3, -0.25) is 4.79 Å². The monoisotopic (exact) mass is 296 g/mol. The molecule has 2 rings (SSSR count). The van der Waals surface area contributed by atoms with Gasteiger partial charge in [-0.2, -0.15) is 0 Å². The van der Waals surface area contributed by atoms with Crippen LogP contribution in [0.3, 0.4) is 0 Å². The second-order valence-electron chi connectivity index (χ2n) is 6.78. The van der Waals surface area contributed by atoms with Crippen molar-refractivity contribution in [3.05, 3.63) is 35.5 Å². The maximum Gasteiger partial charge on any atom is 0.211 e. The lowest BCUT2D eigenvalue weighted by Crippen LogP contribution is -2.31. The minimum absolute atomic E-state index is 0.00843. The molecule has 0 unspecified atom stereocenters. The molecule has 3 nitrogen and oxygen atoms in total. The molecule has 0 atom stereocenters. The molecule has 0 radical (unpaired) electrons. The van der Waals surface area contributed by atoms with Crippen molar-refractivity contribution >= 4 is 11.6 Å². The number of aromatic nitrogens is 1. The molecule has 0 aromatic carbocycles. The lowest BCUT2D eigenvalue weighted by atomic mass is 9.91. The topological polar surface area (TPSA) is 33.2 Å². The van der Waals surface area contributed by atoms with E-state index in [0.717, 1.165) is 31.7 Å². The molecule has 1 aliphatic heterocycles. The van der Waals surface area contributed by atoms with Gasteiger partial charge in [0.1, 0.15) is 5.82 Å². The first kappa shape index (κ1) is 16.3. The van der Waals surface area contributed by atoms with Crippen LogP contribution >= 0.6 is 0 Å². The number of piperidine rings is 1. The van der Waals surface area contributed by atoms with E-state index in [1.54, 1.807) is 0 Å². The summed E-state index contributed by atoms with van der Waals surface area (Å²) in [6.45, 7) is 9.69. The van der Waals surface area contributed by atoms with Gasteiger partial charge in [0.25, 0.3) is 0 Å². The van der Waals surface area contributed by atoms with Crippen LogP contribution in [-0.2, 0) is 4.79 Å². The average Bonchev–Trinajstić information content (AvgIpc) is 2.47. The number of pyridine rings is 1. The molecule has 1 aromatic rings. The Labute approximate surface area is 133 Å². The summed E-state index contributed by atoms with van der Waals surface area (Å²) in [7, 11) is 0. The van der Waals surface area contributed by atoms with Gasteiger partial charge in [0.15, 0.2) is 0 Å². The second kappa shape index (κ2) is 6.79. The number of carbonyl (C=O) groups excluding carboxylic acids is 1. The Balaban J connectivity index is 1.96. The number of ketones is 1. The lowest BCUT2D eigenvalue weighted by Gasteiger charge is -2.30. The van der Waals surface area contributed by atoms with Crippen molar-refractivity contribution in [2.24, 2.45) is 5.41 Å². The van der Waals surface area contributed by atoms with Crippen molar-refractivity contribution in [2.75, 3.05) is 18.0 Å². The summed E-state index contributed by atoms with van der Waals surface area (Å²) in [4.78, 5) is 18.6. The van der Waals surface area contributed by atoms with Crippen LogP contribution in [0.15, 0.2) is 30.0 Å². The normalized spacial score (nSPS) is 15.1.